The largest absolute Gasteiger partial charge is 0.481 e. The molecule has 0 amide bonds. The highest BCUT2D eigenvalue weighted by Crippen LogP contribution is 2.37. The van der Waals surface area contributed by atoms with Crippen LogP contribution in [0, 0.1) is 19.7 Å². The smallest absolute Gasteiger partial charge is 0.311 e. The van der Waals surface area contributed by atoms with E-state index in [1.807, 2.05) is 44.2 Å². The van der Waals surface area contributed by atoms with E-state index in [2.05, 4.69) is 9.97 Å². The molecule has 2 heterocycles. The molecular weight excluding hydrogens is 369 g/mol. The molecule has 1 N–H and O–H groups in total. The number of aromatic nitrogens is 3. The first-order valence-electron chi connectivity index (χ1n) is 9.69. The number of hydrogen-bond acceptors (Lipinski definition) is 3. The number of para-hydroxylation sites is 2. The van der Waals surface area contributed by atoms with Gasteiger partial charge in [-0.1, -0.05) is 31.5 Å². The van der Waals surface area contributed by atoms with E-state index in [9.17, 15) is 9.90 Å². The van der Waals surface area contributed by atoms with Crippen molar-refractivity contribution in [1.29, 1.82) is 0 Å². The van der Waals surface area contributed by atoms with Crippen LogP contribution in [0.15, 0.2) is 42.5 Å². The van der Waals surface area contributed by atoms with E-state index in [4.69, 9.17) is 0 Å². The summed E-state index contributed by atoms with van der Waals surface area (Å²) in [4.78, 5) is 21.3. The highest BCUT2D eigenvalue weighted by atomic mass is 19.1. The summed E-state index contributed by atoms with van der Waals surface area (Å²) in [6.07, 6.45) is 1.13. The Hall–Kier alpha value is -3.28. The van der Waals surface area contributed by atoms with Crippen LogP contribution in [0.1, 0.15) is 42.5 Å². The zero-order valence-electron chi connectivity index (χ0n) is 16.6. The molecule has 0 aliphatic carbocycles. The number of carbonyl (C=O) groups is 1. The Kier molecular flexibility index (Phi) is 4.78. The molecule has 2 aromatic heterocycles. The number of nitrogens with zero attached hydrogens (tertiary/aromatic N) is 3. The maximum Gasteiger partial charge on any atom is 0.311 e. The number of hydrogen-bond donors (Lipinski definition) is 1. The molecule has 0 radical (unpaired) electrons. The number of benzene rings is 2. The first-order chi connectivity index (χ1) is 13.9. The molecule has 1 atom stereocenters. The Balaban J connectivity index is 2.20. The number of carboxylic acid groups (broad SMARTS) is 1. The van der Waals surface area contributed by atoms with Crippen LogP contribution >= 0.6 is 0 Å². The zero-order valence-corrected chi connectivity index (χ0v) is 16.6. The quantitative estimate of drug-likeness (QED) is 0.503. The lowest BCUT2D eigenvalue weighted by molar-refractivity contribution is -0.139. The maximum atomic E-state index is 15.1. The summed E-state index contributed by atoms with van der Waals surface area (Å²) in [7, 11) is 0. The van der Waals surface area contributed by atoms with Crippen molar-refractivity contribution >= 4 is 22.8 Å². The molecule has 4 aromatic rings. The van der Waals surface area contributed by atoms with Crippen molar-refractivity contribution in [1.82, 2.24) is 14.4 Å². The van der Waals surface area contributed by atoms with E-state index in [0.717, 1.165) is 16.6 Å². The van der Waals surface area contributed by atoms with Crippen molar-refractivity contribution in [3.63, 3.8) is 0 Å². The van der Waals surface area contributed by atoms with Crippen LogP contribution in [-0.4, -0.2) is 25.4 Å². The van der Waals surface area contributed by atoms with Crippen LogP contribution in [0.3, 0.4) is 0 Å². The van der Waals surface area contributed by atoms with E-state index in [0.29, 0.717) is 41.1 Å². The van der Waals surface area contributed by atoms with Gasteiger partial charge in [-0.2, -0.15) is 0 Å². The monoisotopic (exact) mass is 391 g/mol. The lowest BCUT2D eigenvalue weighted by Gasteiger charge is -2.21. The fourth-order valence-corrected chi connectivity index (χ4v) is 3.99. The lowest BCUT2D eigenvalue weighted by atomic mass is 9.89. The molecule has 0 saturated heterocycles. The van der Waals surface area contributed by atoms with Gasteiger partial charge in [-0.05, 0) is 50.1 Å². The van der Waals surface area contributed by atoms with Gasteiger partial charge in [0.25, 0.3) is 0 Å². The van der Waals surface area contributed by atoms with Gasteiger partial charge in [0.1, 0.15) is 5.82 Å². The van der Waals surface area contributed by atoms with Crippen molar-refractivity contribution in [2.75, 3.05) is 0 Å². The summed E-state index contributed by atoms with van der Waals surface area (Å²) in [5.41, 5.74) is 4.26. The average molecular weight is 391 g/mol. The molecule has 5 nitrogen and oxygen atoms in total. The number of fused-ring (bicyclic) bond motifs is 3. The second kappa shape index (κ2) is 7.28. The predicted octanol–water partition coefficient (Wildman–Crippen LogP) is 5.27. The molecule has 1 unspecified atom stereocenters. The Morgan fingerprint density at radius 1 is 1.17 bits per heavy atom. The highest BCUT2D eigenvalue weighted by molar-refractivity contribution is 5.86. The normalized spacial score (nSPS) is 12.6. The Labute approximate surface area is 167 Å². The van der Waals surface area contributed by atoms with E-state index < -0.39 is 17.7 Å². The molecular formula is C23H22FN3O2. The minimum atomic E-state index is -0.936. The third-order valence-electron chi connectivity index (χ3n) is 5.28. The highest BCUT2D eigenvalue weighted by Gasteiger charge is 2.29. The fourth-order valence-electron chi connectivity index (χ4n) is 3.99. The van der Waals surface area contributed by atoms with E-state index in [1.165, 1.54) is 6.07 Å². The fraction of sp³-hybridized carbons (Fsp3) is 0.261. The summed E-state index contributed by atoms with van der Waals surface area (Å²) < 4.78 is 16.9. The van der Waals surface area contributed by atoms with Crippen molar-refractivity contribution < 1.29 is 14.3 Å². The molecule has 0 fully saturated rings. The number of rotatable bonds is 5. The third kappa shape index (κ3) is 3.14. The Bertz CT molecular complexity index is 1250. The first kappa shape index (κ1) is 19.1. The maximum absolute atomic E-state index is 15.1. The number of imidazole rings is 1. The molecule has 148 valence electrons. The molecule has 2 aromatic carbocycles. The molecule has 6 heteroatoms. The molecule has 0 bridgehead atoms. The van der Waals surface area contributed by atoms with Gasteiger partial charge in [0, 0.05) is 16.8 Å². The summed E-state index contributed by atoms with van der Waals surface area (Å²) in [5.74, 6) is -1.68. The number of aliphatic carboxylic acids is 1. The van der Waals surface area contributed by atoms with Gasteiger partial charge >= 0.3 is 5.97 Å². The standard InChI is InChI=1S/C23H22FN3O2/c1-4-7-16(22(28)29)20-14(3)25-23-26-18-8-5-6-9-19(18)27(23)21(20)15-11-10-13(2)12-17(15)24/h5-6,8-12,16H,4,7H2,1-3H3,(H,28,29). The zero-order chi connectivity index (χ0) is 20.7. The van der Waals surface area contributed by atoms with Gasteiger partial charge in [0.05, 0.1) is 22.6 Å². The van der Waals surface area contributed by atoms with Crippen molar-refractivity contribution in [2.45, 2.75) is 39.5 Å². The van der Waals surface area contributed by atoms with E-state index >= 15 is 4.39 Å². The predicted molar refractivity (Wildman–Crippen MR) is 111 cm³/mol. The topological polar surface area (TPSA) is 67.5 Å². The summed E-state index contributed by atoms with van der Waals surface area (Å²) in [6, 6.07) is 12.5. The van der Waals surface area contributed by atoms with Crippen molar-refractivity contribution in [3.8, 4) is 11.3 Å². The second-order valence-electron chi connectivity index (χ2n) is 7.36. The molecule has 0 spiro atoms. The molecule has 0 aliphatic heterocycles. The van der Waals surface area contributed by atoms with Crippen molar-refractivity contribution in [2.24, 2.45) is 0 Å². The van der Waals surface area contributed by atoms with E-state index in [1.54, 1.807) is 17.4 Å². The Morgan fingerprint density at radius 3 is 2.62 bits per heavy atom. The average Bonchev–Trinajstić information content (AvgIpc) is 3.03. The summed E-state index contributed by atoms with van der Waals surface area (Å²) >= 11 is 0. The Morgan fingerprint density at radius 2 is 1.93 bits per heavy atom. The first-order valence-corrected chi connectivity index (χ1v) is 9.69. The molecule has 0 saturated carbocycles. The van der Waals surface area contributed by atoms with Crippen LogP contribution in [0.2, 0.25) is 0 Å². The summed E-state index contributed by atoms with van der Waals surface area (Å²) in [5, 5.41) is 9.96. The minimum Gasteiger partial charge on any atom is -0.481 e. The third-order valence-corrected chi connectivity index (χ3v) is 5.28. The lowest BCUT2D eigenvalue weighted by Crippen LogP contribution is -2.17. The van der Waals surface area contributed by atoms with Crippen molar-refractivity contribution in [3.05, 3.63) is 65.1 Å². The second-order valence-corrected chi connectivity index (χ2v) is 7.36. The van der Waals surface area contributed by atoms with Gasteiger partial charge in [-0.3, -0.25) is 9.20 Å². The summed E-state index contributed by atoms with van der Waals surface area (Å²) in [6.45, 7) is 5.54. The van der Waals surface area contributed by atoms with Crippen LogP contribution in [0.4, 0.5) is 4.39 Å². The van der Waals surface area contributed by atoms with Gasteiger partial charge in [0.15, 0.2) is 0 Å². The van der Waals surface area contributed by atoms with Gasteiger partial charge in [0.2, 0.25) is 5.78 Å². The SMILES string of the molecule is CCCC(C(=O)O)c1c(C)nc2nc3ccccc3n2c1-c1ccc(C)cc1F. The molecule has 0 aliphatic rings. The van der Waals surface area contributed by atoms with Crippen LogP contribution < -0.4 is 0 Å². The number of carboxylic acids is 1. The van der Waals surface area contributed by atoms with Crippen LogP contribution in [0.25, 0.3) is 28.1 Å². The van der Waals surface area contributed by atoms with E-state index in [-0.39, 0.29) is 0 Å². The van der Waals surface area contributed by atoms with Crippen LogP contribution in [0.5, 0.6) is 0 Å². The molecule has 29 heavy (non-hydrogen) atoms. The minimum absolute atomic E-state index is 0.353. The van der Waals surface area contributed by atoms with Gasteiger partial charge in [-0.15, -0.1) is 0 Å². The van der Waals surface area contributed by atoms with Gasteiger partial charge in [-0.25, -0.2) is 14.4 Å². The van der Waals surface area contributed by atoms with Gasteiger partial charge < -0.3 is 5.11 Å². The van der Waals surface area contributed by atoms with Crippen LogP contribution in [-0.2, 0) is 4.79 Å². The number of aryl methyl sites for hydroxylation is 2. The number of halogens is 1. The molecule has 4 rings (SSSR count).